The number of rotatable bonds is 3. The Balaban J connectivity index is 2.05. The Morgan fingerprint density at radius 1 is 1.22 bits per heavy atom. The molecule has 0 fully saturated rings. The normalized spacial score (nSPS) is 10.9. The maximum Gasteiger partial charge on any atom is 0.274 e. The summed E-state index contributed by atoms with van der Waals surface area (Å²) in [6.07, 6.45) is 2.51. The van der Waals surface area contributed by atoms with Gasteiger partial charge in [0.2, 0.25) is 0 Å². The summed E-state index contributed by atoms with van der Waals surface area (Å²) in [5.41, 5.74) is 4.44. The van der Waals surface area contributed by atoms with Crippen LogP contribution in [0.2, 0.25) is 0 Å². The van der Waals surface area contributed by atoms with Crippen molar-refractivity contribution in [2.75, 3.05) is 5.32 Å². The summed E-state index contributed by atoms with van der Waals surface area (Å²) < 4.78 is 1.79. The van der Waals surface area contributed by atoms with Gasteiger partial charge in [0.05, 0.1) is 11.4 Å². The predicted molar refractivity (Wildman–Crippen MR) is 90.1 cm³/mol. The van der Waals surface area contributed by atoms with Gasteiger partial charge in [-0.1, -0.05) is 13.0 Å². The molecule has 2 N–H and O–H groups in total. The topological polar surface area (TPSA) is 66.6 Å². The number of phenolic OH excluding ortho intramolecular Hbond substituents is 1. The number of imidazole rings is 1. The molecule has 0 aliphatic rings. The lowest BCUT2D eigenvalue weighted by Gasteiger charge is -2.09. The number of hydrogen-bond donors (Lipinski definition) is 2. The molecule has 1 amide bonds. The fraction of sp³-hybridized carbons (Fsp3) is 0.222. The number of aromatic hydroxyl groups is 1. The van der Waals surface area contributed by atoms with Crippen LogP contribution in [0.15, 0.2) is 36.5 Å². The molecule has 2 heterocycles. The average molecular weight is 309 g/mol. The molecule has 3 aromatic rings. The molecule has 0 saturated heterocycles. The SMILES string of the molecule is CCc1nc2cc(C)ccn2c1C(=O)Nc1cc(C)ccc1O. The molecule has 0 bridgehead atoms. The van der Waals surface area contributed by atoms with Crippen molar-refractivity contribution in [1.82, 2.24) is 9.38 Å². The van der Waals surface area contributed by atoms with Gasteiger partial charge in [0, 0.05) is 6.20 Å². The van der Waals surface area contributed by atoms with Gasteiger partial charge in [0.25, 0.3) is 5.91 Å². The molecular weight excluding hydrogens is 290 g/mol. The maximum absolute atomic E-state index is 12.7. The van der Waals surface area contributed by atoms with Crippen molar-refractivity contribution in [1.29, 1.82) is 0 Å². The van der Waals surface area contributed by atoms with Gasteiger partial charge in [-0.2, -0.15) is 0 Å². The van der Waals surface area contributed by atoms with Gasteiger partial charge in [-0.25, -0.2) is 4.98 Å². The monoisotopic (exact) mass is 309 g/mol. The van der Waals surface area contributed by atoms with Crippen LogP contribution in [0.1, 0.15) is 34.2 Å². The maximum atomic E-state index is 12.7. The number of phenols is 1. The van der Waals surface area contributed by atoms with Crippen LogP contribution >= 0.6 is 0 Å². The molecule has 5 nitrogen and oxygen atoms in total. The quantitative estimate of drug-likeness (QED) is 0.728. The fourth-order valence-electron chi connectivity index (χ4n) is 2.61. The van der Waals surface area contributed by atoms with Crippen LogP contribution in [0.5, 0.6) is 5.75 Å². The first-order valence-corrected chi connectivity index (χ1v) is 7.58. The fourth-order valence-corrected chi connectivity index (χ4v) is 2.61. The second-order valence-corrected chi connectivity index (χ2v) is 5.67. The van der Waals surface area contributed by atoms with E-state index >= 15 is 0 Å². The molecule has 0 unspecified atom stereocenters. The molecule has 0 saturated carbocycles. The lowest BCUT2D eigenvalue weighted by molar-refractivity contribution is 0.102. The van der Waals surface area contributed by atoms with Crippen molar-refractivity contribution in [2.24, 2.45) is 0 Å². The number of anilines is 1. The Bertz CT molecular complexity index is 897. The van der Waals surface area contributed by atoms with Gasteiger partial charge in [0.15, 0.2) is 0 Å². The van der Waals surface area contributed by atoms with Gasteiger partial charge in [-0.05, 0) is 55.7 Å². The van der Waals surface area contributed by atoms with Gasteiger partial charge >= 0.3 is 0 Å². The van der Waals surface area contributed by atoms with Gasteiger partial charge in [0.1, 0.15) is 17.1 Å². The van der Waals surface area contributed by atoms with Crippen LogP contribution < -0.4 is 5.32 Å². The van der Waals surface area contributed by atoms with Crippen molar-refractivity contribution >= 4 is 17.2 Å². The molecule has 0 spiro atoms. The highest BCUT2D eigenvalue weighted by molar-refractivity contribution is 6.05. The summed E-state index contributed by atoms with van der Waals surface area (Å²) in [5, 5.41) is 12.7. The molecule has 2 aromatic heterocycles. The minimum absolute atomic E-state index is 0.0478. The van der Waals surface area contributed by atoms with Gasteiger partial charge in [-0.3, -0.25) is 9.20 Å². The largest absolute Gasteiger partial charge is 0.506 e. The number of carbonyl (C=O) groups excluding carboxylic acids is 1. The first kappa shape index (κ1) is 15.1. The van der Waals surface area contributed by atoms with E-state index in [9.17, 15) is 9.90 Å². The molecular formula is C18H19N3O2. The number of amides is 1. The Labute approximate surface area is 134 Å². The van der Waals surface area contributed by atoms with Crippen LogP contribution in [0.4, 0.5) is 5.69 Å². The molecule has 5 heteroatoms. The molecule has 3 rings (SSSR count). The van der Waals surface area contributed by atoms with Gasteiger partial charge in [-0.15, -0.1) is 0 Å². The molecule has 0 aliphatic heterocycles. The Morgan fingerprint density at radius 2 is 1.96 bits per heavy atom. The highest BCUT2D eigenvalue weighted by Gasteiger charge is 2.19. The number of aromatic nitrogens is 2. The highest BCUT2D eigenvalue weighted by Crippen LogP contribution is 2.25. The third-order valence-corrected chi connectivity index (χ3v) is 3.80. The number of aryl methyl sites for hydroxylation is 3. The van der Waals surface area contributed by atoms with Crippen LogP contribution in [-0.4, -0.2) is 20.4 Å². The summed E-state index contributed by atoms with van der Waals surface area (Å²) in [6.45, 7) is 5.87. The number of carbonyl (C=O) groups is 1. The molecule has 0 aliphatic carbocycles. The zero-order valence-corrected chi connectivity index (χ0v) is 13.4. The van der Waals surface area contributed by atoms with E-state index < -0.39 is 0 Å². The molecule has 0 atom stereocenters. The minimum Gasteiger partial charge on any atom is -0.506 e. The molecule has 23 heavy (non-hydrogen) atoms. The number of nitrogens with zero attached hydrogens (tertiary/aromatic N) is 2. The molecule has 0 radical (unpaired) electrons. The third kappa shape index (κ3) is 2.77. The first-order valence-electron chi connectivity index (χ1n) is 7.58. The van der Waals surface area contributed by atoms with E-state index in [1.165, 1.54) is 0 Å². The molecule has 1 aromatic carbocycles. The van der Waals surface area contributed by atoms with Crippen LogP contribution in [0.25, 0.3) is 5.65 Å². The lowest BCUT2D eigenvalue weighted by atomic mass is 10.2. The minimum atomic E-state index is -0.279. The van der Waals surface area contributed by atoms with Crippen molar-refractivity contribution in [3.05, 3.63) is 59.0 Å². The molecule has 118 valence electrons. The van der Waals surface area contributed by atoms with E-state index in [0.29, 0.717) is 17.8 Å². The van der Waals surface area contributed by atoms with Gasteiger partial charge < -0.3 is 10.4 Å². The Morgan fingerprint density at radius 3 is 2.70 bits per heavy atom. The number of benzene rings is 1. The predicted octanol–water partition coefficient (Wildman–Crippen LogP) is 3.47. The highest BCUT2D eigenvalue weighted by atomic mass is 16.3. The summed E-state index contributed by atoms with van der Waals surface area (Å²) in [5.74, 6) is -0.231. The standard InChI is InChI=1S/C18H19N3O2/c1-4-13-17(21-8-7-12(3)10-16(21)19-13)18(23)20-14-9-11(2)5-6-15(14)22/h5-10,22H,4H2,1-3H3,(H,20,23). The number of hydrogen-bond acceptors (Lipinski definition) is 3. The smallest absolute Gasteiger partial charge is 0.274 e. The van der Waals surface area contributed by atoms with Crippen LogP contribution in [0, 0.1) is 13.8 Å². The van der Waals surface area contributed by atoms with Crippen LogP contribution in [-0.2, 0) is 6.42 Å². The lowest BCUT2D eigenvalue weighted by Crippen LogP contribution is -2.16. The van der Waals surface area contributed by atoms with E-state index in [1.54, 1.807) is 22.6 Å². The third-order valence-electron chi connectivity index (χ3n) is 3.80. The Hall–Kier alpha value is -2.82. The Kier molecular flexibility index (Phi) is 3.78. The van der Waals surface area contributed by atoms with Crippen molar-refractivity contribution < 1.29 is 9.90 Å². The number of fused-ring (bicyclic) bond motifs is 1. The first-order chi connectivity index (χ1) is 11.0. The van der Waals surface area contributed by atoms with Crippen molar-refractivity contribution in [2.45, 2.75) is 27.2 Å². The van der Waals surface area contributed by atoms with E-state index in [4.69, 9.17) is 0 Å². The van der Waals surface area contributed by atoms with E-state index in [-0.39, 0.29) is 11.7 Å². The average Bonchev–Trinajstić information content (AvgIpc) is 2.88. The second kappa shape index (κ2) is 5.76. The number of nitrogens with one attached hydrogen (secondary N) is 1. The van der Waals surface area contributed by atoms with Crippen LogP contribution in [0.3, 0.4) is 0 Å². The van der Waals surface area contributed by atoms with E-state index in [0.717, 1.165) is 22.5 Å². The zero-order valence-electron chi connectivity index (χ0n) is 13.4. The van der Waals surface area contributed by atoms with E-state index in [1.807, 2.05) is 39.1 Å². The summed E-state index contributed by atoms with van der Waals surface area (Å²) in [7, 11) is 0. The number of pyridine rings is 1. The summed E-state index contributed by atoms with van der Waals surface area (Å²) >= 11 is 0. The van der Waals surface area contributed by atoms with Crippen molar-refractivity contribution in [3.8, 4) is 5.75 Å². The van der Waals surface area contributed by atoms with Crippen molar-refractivity contribution in [3.63, 3.8) is 0 Å². The van der Waals surface area contributed by atoms with E-state index in [2.05, 4.69) is 10.3 Å². The zero-order chi connectivity index (χ0) is 16.6. The summed E-state index contributed by atoms with van der Waals surface area (Å²) in [6, 6.07) is 8.99. The second-order valence-electron chi connectivity index (χ2n) is 5.67. The summed E-state index contributed by atoms with van der Waals surface area (Å²) in [4.78, 5) is 17.3.